The fourth-order valence-electron chi connectivity index (χ4n) is 2.56. The Morgan fingerprint density at radius 1 is 1.25 bits per heavy atom. The summed E-state index contributed by atoms with van der Waals surface area (Å²) in [6.07, 6.45) is 1.82. The van der Waals surface area contributed by atoms with Gasteiger partial charge in [0.25, 0.3) is 11.5 Å². The minimum Gasteiger partial charge on any atom is -0.320 e. The van der Waals surface area contributed by atoms with Crippen LogP contribution in [0, 0.1) is 6.92 Å². The van der Waals surface area contributed by atoms with Crippen LogP contribution in [0.2, 0.25) is 0 Å². The van der Waals surface area contributed by atoms with Crippen molar-refractivity contribution < 1.29 is 4.79 Å². The van der Waals surface area contributed by atoms with E-state index in [1.807, 2.05) is 32.0 Å². The lowest BCUT2D eigenvalue weighted by Gasteiger charge is -2.16. The van der Waals surface area contributed by atoms with Crippen LogP contribution in [0.5, 0.6) is 0 Å². The minimum absolute atomic E-state index is 0.182. The van der Waals surface area contributed by atoms with E-state index in [0.29, 0.717) is 12.5 Å². The minimum atomic E-state index is -0.295. The Bertz CT molecular complexity index is 778. The van der Waals surface area contributed by atoms with Crippen LogP contribution in [0.3, 0.4) is 0 Å². The molecule has 1 aromatic carbocycles. The van der Waals surface area contributed by atoms with E-state index in [-0.39, 0.29) is 17.2 Å². The fraction of sp³-hybridized carbons (Fsp3) is 0.421. The zero-order chi connectivity index (χ0) is 17.7. The molecule has 0 bridgehead atoms. The van der Waals surface area contributed by atoms with Crippen molar-refractivity contribution in [1.29, 1.82) is 0 Å². The van der Waals surface area contributed by atoms with Crippen LogP contribution in [-0.2, 0) is 6.54 Å². The van der Waals surface area contributed by atoms with Gasteiger partial charge in [-0.05, 0) is 36.5 Å². The lowest BCUT2D eigenvalue weighted by Crippen LogP contribution is -2.26. The standard InChI is InChI=1S/C19H25N3O2/c1-5-6-12-22-17(23)11-10-16(21-22)19(24)20-18-14(4)8-7-9-15(18)13(2)3/h7-11,13H,5-6,12H2,1-4H3,(H,20,24). The number of aryl methyl sites for hydroxylation is 2. The molecule has 0 saturated heterocycles. The number of unbranched alkanes of at least 4 members (excludes halogenated alkanes) is 1. The van der Waals surface area contributed by atoms with Crippen molar-refractivity contribution >= 4 is 11.6 Å². The average Bonchev–Trinajstić information content (AvgIpc) is 2.55. The smallest absolute Gasteiger partial charge is 0.276 e. The monoisotopic (exact) mass is 327 g/mol. The molecule has 2 aromatic rings. The van der Waals surface area contributed by atoms with Crippen molar-refractivity contribution in [3.05, 3.63) is 57.5 Å². The number of aromatic nitrogens is 2. The van der Waals surface area contributed by atoms with Crippen molar-refractivity contribution in [2.45, 2.75) is 53.0 Å². The molecule has 0 radical (unpaired) electrons. The second kappa shape index (κ2) is 7.90. The zero-order valence-corrected chi connectivity index (χ0v) is 14.8. The highest BCUT2D eigenvalue weighted by molar-refractivity contribution is 6.03. The highest BCUT2D eigenvalue weighted by Gasteiger charge is 2.15. The first-order valence-corrected chi connectivity index (χ1v) is 8.43. The molecule has 1 amide bonds. The van der Waals surface area contributed by atoms with Gasteiger partial charge in [0.05, 0.1) is 0 Å². The Morgan fingerprint density at radius 3 is 2.67 bits per heavy atom. The van der Waals surface area contributed by atoms with Gasteiger partial charge in [-0.1, -0.05) is 45.4 Å². The van der Waals surface area contributed by atoms with E-state index in [4.69, 9.17) is 0 Å². The van der Waals surface area contributed by atoms with Crippen LogP contribution in [-0.4, -0.2) is 15.7 Å². The Hall–Kier alpha value is -2.43. The van der Waals surface area contributed by atoms with Crippen LogP contribution >= 0.6 is 0 Å². The molecule has 0 saturated carbocycles. The Labute approximate surface area is 142 Å². The first-order chi connectivity index (χ1) is 11.4. The fourth-order valence-corrected chi connectivity index (χ4v) is 2.56. The molecule has 5 heteroatoms. The predicted octanol–water partition coefficient (Wildman–Crippen LogP) is 3.73. The number of para-hydroxylation sites is 1. The molecular formula is C19H25N3O2. The van der Waals surface area contributed by atoms with E-state index in [2.05, 4.69) is 24.3 Å². The summed E-state index contributed by atoms with van der Waals surface area (Å²) in [6.45, 7) is 8.73. The van der Waals surface area contributed by atoms with E-state index >= 15 is 0 Å². The molecule has 0 aliphatic rings. The van der Waals surface area contributed by atoms with E-state index in [1.165, 1.54) is 16.8 Å². The van der Waals surface area contributed by atoms with Crippen LogP contribution in [0.25, 0.3) is 0 Å². The molecule has 1 N–H and O–H groups in total. The van der Waals surface area contributed by atoms with Gasteiger partial charge in [-0.3, -0.25) is 9.59 Å². The number of rotatable bonds is 6. The number of amides is 1. The second-order valence-corrected chi connectivity index (χ2v) is 6.28. The summed E-state index contributed by atoms with van der Waals surface area (Å²) in [5.74, 6) is 0.00288. The topological polar surface area (TPSA) is 64.0 Å². The molecule has 1 aromatic heterocycles. The molecule has 128 valence electrons. The first-order valence-electron chi connectivity index (χ1n) is 8.43. The lowest BCUT2D eigenvalue weighted by atomic mass is 9.98. The quantitative estimate of drug-likeness (QED) is 0.879. The Morgan fingerprint density at radius 2 is 2.00 bits per heavy atom. The summed E-state index contributed by atoms with van der Waals surface area (Å²) in [5, 5.41) is 7.16. The summed E-state index contributed by atoms with van der Waals surface area (Å²) in [5.41, 5.74) is 2.99. The molecule has 0 spiro atoms. The number of benzene rings is 1. The molecule has 5 nitrogen and oxygen atoms in total. The molecule has 0 unspecified atom stereocenters. The lowest BCUT2D eigenvalue weighted by molar-refractivity contribution is 0.101. The third-order valence-electron chi connectivity index (χ3n) is 3.99. The molecule has 0 aliphatic carbocycles. The van der Waals surface area contributed by atoms with Gasteiger partial charge in [-0.15, -0.1) is 0 Å². The maximum atomic E-state index is 12.6. The van der Waals surface area contributed by atoms with Crippen molar-refractivity contribution in [2.24, 2.45) is 0 Å². The highest BCUT2D eigenvalue weighted by atomic mass is 16.2. The number of hydrogen-bond acceptors (Lipinski definition) is 3. The SMILES string of the molecule is CCCCn1nc(C(=O)Nc2c(C)cccc2C(C)C)ccc1=O. The Kier molecular flexibility index (Phi) is 5.90. The van der Waals surface area contributed by atoms with Gasteiger partial charge < -0.3 is 5.32 Å². The van der Waals surface area contributed by atoms with Gasteiger partial charge in [-0.25, -0.2) is 4.68 Å². The van der Waals surface area contributed by atoms with Crippen molar-refractivity contribution in [3.8, 4) is 0 Å². The van der Waals surface area contributed by atoms with Crippen molar-refractivity contribution in [3.63, 3.8) is 0 Å². The Balaban J connectivity index is 2.29. The highest BCUT2D eigenvalue weighted by Crippen LogP contribution is 2.27. The number of carbonyl (C=O) groups excluding carboxylic acids is 1. The summed E-state index contributed by atoms with van der Waals surface area (Å²) in [4.78, 5) is 24.4. The van der Waals surface area contributed by atoms with Gasteiger partial charge in [0, 0.05) is 18.3 Å². The summed E-state index contributed by atoms with van der Waals surface area (Å²) >= 11 is 0. The normalized spacial score (nSPS) is 10.9. The van der Waals surface area contributed by atoms with E-state index in [1.54, 1.807) is 0 Å². The maximum absolute atomic E-state index is 12.6. The molecular weight excluding hydrogens is 302 g/mol. The molecule has 1 heterocycles. The van der Waals surface area contributed by atoms with Crippen molar-refractivity contribution in [2.75, 3.05) is 5.32 Å². The van der Waals surface area contributed by atoms with Crippen LogP contribution in [0.1, 0.15) is 61.1 Å². The van der Waals surface area contributed by atoms with Gasteiger partial charge in [-0.2, -0.15) is 5.10 Å². The van der Waals surface area contributed by atoms with Crippen LogP contribution in [0.4, 0.5) is 5.69 Å². The number of hydrogen-bond donors (Lipinski definition) is 1. The molecule has 0 atom stereocenters. The third-order valence-corrected chi connectivity index (χ3v) is 3.99. The molecule has 24 heavy (non-hydrogen) atoms. The average molecular weight is 327 g/mol. The largest absolute Gasteiger partial charge is 0.320 e. The number of anilines is 1. The number of nitrogens with one attached hydrogen (secondary N) is 1. The summed E-state index contributed by atoms with van der Waals surface area (Å²) < 4.78 is 1.36. The van der Waals surface area contributed by atoms with Gasteiger partial charge >= 0.3 is 0 Å². The van der Waals surface area contributed by atoms with Crippen LogP contribution < -0.4 is 10.9 Å². The second-order valence-electron chi connectivity index (χ2n) is 6.28. The van der Waals surface area contributed by atoms with E-state index in [0.717, 1.165) is 29.7 Å². The first kappa shape index (κ1) is 17.9. The van der Waals surface area contributed by atoms with Gasteiger partial charge in [0.2, 0.25) is 0 Å². The third kappa shape index (κ3) is 4.10. The molecule has 2 rings (SSSR count). The predicted molar refractivity (Wildman–Crippen MR) is 96.6 cm³/mol. The van der Waals surface area contributed by atoms with E-state index in [9.17, 15) is 9.59 Å². The molecule has 0 aliphatic heterocycles. The number of nitrogens with zero attached hydrogens (tertiary/aromatic N) is 2. The van der Waals surface area contributed by atoms with Crippen LogP contribution in [0.15, 0.2) is 35.1 Å². The van der Waals surface area contributed by atoms with Crippen molar-refractivity contribution in [1.82, 2.24) is 9.78 Å². The summed E-state index contributed by atoms with van der Waals surface area (Å²) in [7, 11) is 0. The van der Waals surface area contributed by atoms with Gasteiger partial charge in [0.15, 0.2) is 0 Å². The van der Waals surface area contributed by atoms with Gasteiger partial charge in [0.1, 0.15) is 5.69 Å². The molecule has 0 fully saturated rings. The maximum Gasteiger partial charge on any atom is 0.276 e. The summed E-state index contributed by atoms with van der Waals surface area (Å²) in [6, 6.07) is 8.86. The number of carbonyl (C=O) groups is 1. The van der Waals surface area contributed by atoms with E-state index < -0.39 is 0 Å². The zero-order valence-electron chi connectivity index (χ0n) is 14.8.